The first-order valence-corrected chi connectivity index (χ1v) is 7.73. The first-order chi connectivity index (χ1) is 10.1. The van der Waals surface area contributed by atoms with Crippen LogP contribution in [0.4, 0.5) is 0 Å². The number of thiocarbonyl (C=S) groups is 1. The van der Waals surface area contributed by atoms with Crippen LogP contribution in [0.3, 0.4) is 0 Å². The predicted molar refractivity (Wildman–Crippen MR) is 85.6 cm³/mol. The number of morpholine rings is 1. The Bertz CT molecular complexity index is 552. The molecule has 3 aliphatic rings. The SMILES string of the molecule is O=C1C2C=CC(Cl)=CC2=NC(=S)N1CCN1CCOCC1. The Hall–Kier alpha value is -1.08. The summed E-state index contributed by atoms with van der Waals surface area (Å²) in [4.78, 5) is 20.8. The zero-order valence-electron chi connectivity index (χ0n) is 11.5. The van der Waals surface area contributed by atoms with Gasteiger partial charge < -0.3 is 4.74 Å². The molecule has 0 N–H and O–H groups in total. The lowest BCUT2D eigenvalue weighted by atomic mass is 9.95. The number of hydrogen-bond donors (Lipinski definition) is 0. The molecule has 1 amide bonds. The molecular weight excluding hydrogens is 310 g/mol. The van der Waals surface area contributed by atoms with Crippen LogP contribution in [0, 0.1) is 5.92 Å². The second-order valence-corrected chi connectivity index (χ2v) is 5.93. The second kappa shape index (κ2) is 6.36. The molecule has 0 aromatic rings. The average molecular weight is 326 g/mol. The molecule has 112 valence electrons. The van der Waals surface area contributed by atoms with Crippen LogP contribution in [0.15, 0.2) is 28.3 Å². The Balaban J connectivity index is 1.68. The van der Waals surface area contributed by atoms with E-state index in [1.807, 2.05) is 0 Å². The molecule has 2 heterocycles. The first kappa shape index (κ1) is 14.8. The maximum atomic E-state index is 12.5. The van der Waals surface area contributed by atoms with E-state index < -0.39 is 0 Å². The minimum atomic E-state index is -0.358. The number of amides is 1. The van der Waals surface area contributed by atoms with Gasteiger partial charge in [-0.3, -0.25) is 14.6 Å². The number of nitrogens with zero attached hydrogens (tertiary/aromatic N) is 3. The number of rotatable bonds is 3. The van der Waals surface area contributed by atoms with Gasteiger partial charge in [-0.25, -0.2) is 4.99 Å². The highest BCUT2D eigenvalue weighted by molar-refractivity contribution is 7.80. The van der Waals surface area contributed by atoms with Gasteiger partial charge in [0.15, 0.2) is 0 Å². The van der Waals surface area contributed by atoms with Crippen LogP contribution >= 0.6 is 23.8 Å². The summed E-state index contributed by atoms with van der Waals surface area (Å²) >= 11 is 11.2. The van der Waals surface area contributed by atoms with Gasteiger partial charge >= 0.3 is 0 Å². The van der Waals surface area contributed by atoms with Gasteiger partial charge in [0.25, 0.3) is 0 Å². The molecule has 1 fully saturated rings. The van der Waals surface area contributed by atoms with E-state index >= 15 is 0 Å². The maximum absolute atomic E-state index is 12.5. The number of allylic oxidation sites excluding steroid dienone is 3. The van der Waals surface area contributed by atoms with Crippen molar-refractivity contribution in [3.8, 4) is 0 Å². The fourth-order valence-corrected chi connectivity index (χ4v) is 3.05. The molecule has 0 spiro atoms. The molecule has 1 atom stereocenters. The summed E-state index contributed by atoms with van der Waals surface area (Å²) < 4.78 is 5.32. The minimum absolute atomic E-state index is 0.0186. The van der Waals surface area contributed by atoms with Crippen LogP contribution in [0.1, 0.15) is 0 Å². The highest BCUT2D eigenvalue weighted by Crippen LogP contribution is 2.23. The Morgan fingerprint density at radius 2 is 2.14 bits per heavy atom. The van der Waals surface area contributed by atoms with Gasteiger partial charge in [0, 0.05) is 31.2 Å². The van der Waals surface area contributed by atoms with E-state index in [2.05, 4.69) is 9.89 Å². The Morgan fingerprint density at radius 3 is 2.90 bits per heavy atom. The van der Waals surface area contributed by atoms with Crippen molar-refractivity contribution in [1.29, 1.82) is 0 Å². The normalized spacial score (nSPS) is 26.5. The van der Waals surface area contributed by atoms with E-state index in [-0.39, 0.29) is 11.8 Å². The van der Waals surface area contributed by atoms with Gasteiger partial charge in [-0.05, 0) is 24.4 Å². The summed E-state index contributed by atoms with van der Waals surface area (Å²) in [5.41, 5.74) is 0.639. The van der Waals surface area contributed by atoms with Crippen LogP contribution in [-0.2, 0) is 9.53 Å². The number of fused-ring (bicyclic) bond motifs is 1. The van der Waals surface area contributed by atoms with Crippen molar-refractivity contribution >= 4 is 40.6 Å². The maximum Gasteiger partial charge on any atom is 0.241 e. The molecule has 2 aliphatic heterocycles. The third kappa shape index (κ3) is 3.23. The van der Waals surface area contributed by atoms with E-state index in [9.17, 15) is 4.79 Å². The fourth-order valence-electron chi connectivity index (χ4n) is 2.58. The number of hydrogen-bond acceptors (Lipinski definition) is 4. The molecule has 1 saturated heterocycles. The average Bonchev–Trinajstić information content (AvgIpc) is 2.47. The van der Waals surface area contributed by atoms with Crippen molar-refractivity contribution in [3.05, 3.63) is 23.3 Å². The highest BCUT2D eigenvalue weighted by atomic mass is 35.5. The van der Waals surface area contributed by atoms with Crippen molar-refractivity contribution in [3.63, 3.8) is 0 Å². The largest absolute Gasteiger partial charge is 0.379 e. The Morgan fingerprint density at radius 1 is 1.38 bits per heavy atom. The molecule has 0 aromatic heterocycles. The van der Waals surface area contributed by atoms with Crippen molar-refractivity contribution in [1.82, 2.24) is 9.80 Å². The van der Waals surface area contributed by atoms with Crippen LogP contribution < -0.4 is 0 Å². The molecule has 0 radical (unpaired) electrons. The van der Waals surface area contributed by atoms with Crippen molar-refractivity contribution in [2.24, 2.45) is 10.9 Å². The summed E-state index contributed by atoms with van der Waals surface area (Å²) in [5, 5.41) is 0.901. The van der Waals surface area contributed by atoms with E-state index in [0.29, 0.717) is 22.4 Å². The second-order valence-electron chi connectivity index (χ2n) is 5.13. The topological polar surface area (TPSA) is 45.1 Å². The molecule has 1 aliphatic carbocycles. The van der Waals surface area contributed by atoms with E-state index in [1.165, 1.54) is 0 Å². The zero-order valence-corrected chi connectivity index (χ0v) is 13.1. The molecule has 0 saturated carbocycles. The lowest BCUT2D eigenvalue weighted by molar-refractivity contribution is -0.128. The molecule has 3 rings (SSSR count). The zero-order chi connectivity index (χ0) is 14.8. The van der Waals surface area contributed by atoms with E-state index in [1.54, 1.807) is 23.1 Å². The van der Waals surface area contributed by atoms with Gasteiger partial charge in [-0.15, -0.1) is 0 Å². The standard InChI is InChI=1S/C14H16ClN3O2S/c15-10-1-2-11-12(9-10)16-14(21)18(13(11)19)4-3-17-5-7-20-8-6-17/h1-2,9,11H,3-8H2. The van der Waals surface area contributed by atoms with Crippen molar-refractivity contribution in [2.75, 3.05) is 39.4 Å². The smallest absolute Gasteiger partial charge is 0.241 e. The number of carbonyl (C=O) groups excluding carboxylic acids is 1. The van der Waals surface area contributed by atoms with E-state index in [0.717, 1.165) is 32.8 Å². The number of halogens is 1. The number of carbonyl (C=O) groups is 1. The lowest BCUT2D eigenvalue weighted by Gasteiger charge is -2.33. The van der Waals surface area contributed by atoms with E-state index in [4.69, 9.17) is 28.6 Å². The number of ether oxygens (including phenoxy) is 1. The van der Waals surface area contributed by atoms with Crippen molar-refractivity contribution in [2.45, 2.75) is 0 Å². The third-order valence-electron chi connectivity index (χ3n) is 3.78. The van der Waals surface area contributed by atoms with Crippen LogP contribution in [0.2, 0.25) is 0 Å². The third-order valence-corrected chi connectivity index (χ3v) is 4.33. The summed E-state index contributed by atoms with van der Waals surface area (Å²) in [5.74, 6) is -0.376. The Labute approximate surface area is 133 Å². The molecule has 7 heteroatoms. The predicted octanol–water partition coefficient (Wildman–Crippen LogP) is 1.20. The van der Waals surface area contributed by atoms with Gasteiger partial charge in [-0.2, -0.15) is 0 Å². The van der Waals surface area contributed by atoms with Crippen molar-refractivity contribution < 1.29 is 9.53 Å². The fraction of sp³-hybridized carbons (Fsp3) is 0.500. The van der Waals surface area contributed by atoms with Gasteiger partial charge in [-0.1, -0.05) is 17.7 Å². The summed E-state index contributed by atoms with van der Waals surface area (Å²) in [6.45, 7) is 4.63. The van der Waals surface area contributed by atoms with Gasteiger partial charge in [0.05, 0.1) is 24.8 Å². The summed E-state index contributed by atoms with van der Waals surface area (Å²) in [6, 6.07) is 0. The first-order valence-electron chi connectivity index (χ1n) is 6.94. The number of aliphatic imine (C=N–C) groups is 1. The van der Waals surface area contributed by atoms with Gasteiger partial charge in [0.2, 0.25) is 11.0 Å². The van der Waals surface area contributed by atoms with Crippen LogP contribution in [0.25, 0.3) is 0 Å². The summed E-state index contributed by atoms with van der Waals surface area (Å²) in [6.07, 6.45) is 5.22. The van der Waals surface area contributed by atoms with Gasteiger partial charge in [0.1, 0.15) is 0 Å². The minimum Gasteiger partial charge on any atom is -0.379 e. The molecule has 1 unspecified atom stereocenters. The summed E-state index contributed by atoms with van der Waals surface area (Å²) in [7, 11) is 0. The molecule has 21 heavy (non-hydrogen) atoms. The molecule has 0 bridgehead atoms. The Kier molecular flexibility index (Phi) is 4.49. The highest BCUT2D eigenvalue weighted by Gasteiger charge is 2.34. The van der Waals surface area contributed by atoms with Crippen LogP contribution in [0.5, 0.6) is 0 Å². The molecular formula is C14H16ClN3O2S. The molecule has 5 nitrogen and oxygen atoms in total. The van der Waals surface area contributed by atoms with Crippen LogP contribution in [-0.4, -0.2) is 65.9 Å². The monoisotopic (exact) mass is 325 g/mol. The molecule has 0 aromatic carbocycles. The quantitative estimate of drug-likeness (QED) is 0.731. The lowest BCUT2D eigenvalue weighted by Crippen LogP contribution is -2.49.